The lowest BCUT2D eigenvalue weighted by Gasteiger charge is -2.40. The smallest absolute Gasteiger partial charge is 0.302 e. The van der Waals surface area contributed by atoms with Crippen LogP contribution >= 0.6 is 0 Å². The number of carbonyl (C=O) groups is 2. The average molecular weight is 263 g/mol. The van der Waals surface area contributed by atoms with E-state index >= 15 is 0 Å². The summed E-state index contributed by atoms with van der Waals surface area (Å²) in [6, 6.07) is -1.13. The third-order valence-electron chi connectivity index (χ3n) is 2.54. The molecule has 104 valence electrons. The van der Waals surface area contributed by atoms with E-state index in [1.54, 1.807) is 0 Å². The van der Waals surface area contributed by atoms with Crippen LogP contribution in [-0.2, 0) is 19.1 Å². The lowest BCUT2D eigenvalue weighted by molar-refractivity contribution is -0.255. The highest BCUT2D eigenvalue weighted by Gasteiger charge is 2.44. The van der Waals surface area contributed by atoms with Crippen molar-refractivity contribution in [3.8, 4) is 0 Å². The molecule has 0 radical (unpaired) electrons. The van der Waals surface area contributed by atoms with Crippen LogP contribution in [0.15, 0.2) is 0 Å². The van der Waals surface area contributed by atoms with Gasteiger partial charge in [-0.2, -0.15) is 0 Å². The van der Waals surface area contributed by atoms with Crippen LogP contribution < -0.4 is 5.32 Å². The molecule has 0 aromatic rings. The van der Waals surface area contributed by atoms with Gasteiger partial charge >= 0.3 is 5.97 Å². The number of carbonyl (C=O) groups excluding carboxylic acids is 2. The minimum Gasteiger partial charge on any atom is -0.463 e. The normalized spacial score (nSPS) is 35.9. The molecule has 5 atom stereocenters. The molecule has 0 spiro atoms. The first-order chi connectivity index (χ1) is 8.32. The first kappa shape index (κ1) is 14.8. The van der Waals surface area contributed by atoms with Crippen molar-refractivity contribution in [2.24, 2.45) is 0 Å². The van der Waals surface area contributed by atoms with Crippen LogP contribution in [0.4, 0.5) is 0 Å². The zero-order valence-corrected chi connectivity index (χ0v) is 10.1. The molecule has 1 rings (SSSR count). The summed E-state index contributed by atoms with van der Waals surface area (Å²) in [6.07, 6.45) is -5.35. The maximum absolute atomic E-state index is 10.9. The fraction of sp³-hybridized carbons (Fsp3) is 0.800. The van der Waals surface area contributed by atoms with Gasteiger partial charge in [-0.1, -0.05) is 0 Å². The van der Waals surface area contributed by atoms with E-state index in [1.165, 1.54) is 13.8 Å². The van der Waals surface area contributed by atoms with Crippen molar-refractivity contribution in [1.82, 2.24) is 5.32 Å². The molecule has 0 bridgehead atoms. The summed E-state index contributed by atoms with van der Waals surface area (Å²) in [5.74, 6) is -1.05. The predicted octanol–water partition coefficient (Wildman–Crippen LogP) is -2.51. The van der Waals surface area contributed by atoms with Crippen molar-refractivity contribution in [3.05, 3.63) is 0 Å². The van der Waals surface area contributed by atoms with E-state index in [2.05, 4.69) is 10.1 Å². The second-order valence-electron chi connectivity index (χ2n) is 4.08. The summed E-state index contributed by atoms with van der Waals surface area (Å²) < 4.78 is 9.62. The van der Waals surface area contributed by atoms with Gasteiger partial charge in [0, 0.05) is 13.8 Å². The van der Waals surface area contributed by atoms with Crippen LogP contribution in [0.2, 0.25) is 0 Å². The molecular formula is C10H17NO7. The Hall–Kier alpha value is -1.22. The van der Waals surface area contributed by atoms with E-state index in [0.717, 1.165) is 0 Å². The molecular weight excluding hydrogens is 246 g/mol. The molecule has 18 heavy (non-hydrogen) atoms. The fourth-order valence-electron chi connectivity index (χ4n) is 1.67. The molecule has 0 aromatic carbocycles. The molecule has 1 aliphatic rings. The van der Waals surface area contributed by atoms with E-state index < -0.39 is 42.5 Å². The maximum atomic E-state index is 10.9. The highest BCUT2D eigenvalue weighted by Crippen LogP contribution is 2.20. The lowest BCUT2D eigenvalue weighted by atomic mass is 9.97. The van der Waals surface area contributed by atoms with Gasteiger partial charge in [-0.05, 0) is 0 Å². The fourth-order valence-corrected chi connectivity index (χ4v) is 1.67. The molecule has 1 fully saturated rings. The van der Waals surface area contributed by atoms with Crippen LogP contribution in [0.5, 0.6) is 0 Å². The SMILES string of the molecule is CC(=O)N[C@@H]1[C@@H](O)[C@H](O)[C@@H](COC(C)=O)O[C@@H]1O. The van der Waals surface area contributed by atoms with Crippen LogP contribution in [0.25, 0.3) is 0 Å². The topological polar surface area (TPSA) is 125 Å². The minimum absolute atomic E-state index is 0.294. The van der Waals surface area contributed by atoms with Crippen molar-refractivity contribution < 1.29 is 34.4 Å². The third-order valence-corrected chi connectivity index (χ3v) is 2.54. The Kier molecular flexibility index (Phi) is 5.03. The maximum Gasteiger partial charge on any atom is 0.302 e. The molecule has 1 saturated heterocycles. The molecule has 0 unspecified atom stereocenters. The molecule has 8 heteroatoms. The van der Waals surface area contributed by atoms with Gasteiger partial charge in [-0.3, -0.25) is 9.59 Å². The molecule has 8 nitrogen and oxygen atoms in total. The van der Waals surface area contributed by atoms with Gasteiger partial charge < -0.3 is 30.1 Å². The highest BCUT2D eigenvalue weighted by molar-refractivity contribution is 5.73. The lowest BCUT2D eigenvalue weighted by Crippen LogP contribution is -2.64. The van der Waals surface area contributed by atoms with E-state index in [4.69, 9.17) is 4.74 Å². The van der Waals surface area contributed by atoms with Gasteiger partial charge in [0.05, 0.1) is 0 Å². The second kappa shape index (κ2) is 6.10. The Morgan fingerprint density at radius 3 is 2.33 bits per heavy atom. The number of rotatable bonds is 3. The van der Waals surface area contributed by atoms with Crippen molar-refractivity contribution in [3.63, 3.8) is 0 Å². The van der Waals surface area contributed by atoms with E-state index in [9.17, 15) is 24.9 Å². The Morgan fingerprint density at radius 2 is 1.83 bits per heavy atom. The molecule has 1 aliphatic heterocycles. The van der Waals surface area contributed by atoms with Crippen LogP contribution in [0.1, 0.15) is 13.8 Å². The number of amides is 1. The molecule has 1 heterocycles. The molecule has 4 N–H and O–H groups in total. The van der Waals surface area contributed by atoms with Gasteiger partial charge in [-0.15, -0.1) is 0 Å². The van der Waals surface area contributed by atoms with Gasteiger partial charge in [0.1, 0.15) is 31.0 Å². The largest absolute Gasteiger partial charge is 0.463 e. The zero-order chi connectivity index (χ0) is 13.9. The summed E-state index contributed by atoms with van der Waals surface area (Å²) >= 11 is 0. The number of hydrogen-bond acceptors (Lipinski definition) is 7. The van der Waals surface area contributed by atoms with Crippen LogP contribution in [0, 0.1) is 0 Å². The van der Waals surface area contributed by atoms with E-state index in [0.29, 0.717) is 0 Å². The van der Waals surface area contributed by atoms with Gasteiger partial charge in [-0.25, -0.2) is 0 Å². The van der Waals surface area contributed by atoms with Crippen molar-refractivity contribution >= 4 is 11.9 Å². The van der Waals surface area contributed by atoms with E-state index in [-0.39, 0.29) is 6.61 Å². The number of ether oxygens (including phenoxy) is 2. The number of aliphatic hydroxyl groups excluding tert-OH is 3. The minimum atomic E-state index is -1.49. The van der Waals surface area contributed by atoms with E-state index in [1.807, 2.05) is 0 Å². The summed E-state index contributed by atoms with van der Waals surface area (Å²) in [6.45, 7) is 2.09. The summed E-state index contributed by atoms with van der Waals surface area (Å²) in [7, 11) is 0. The van der Waals surface area contributed by atoms with Crippen molar-refractivity contribution in [2.75, 3.05) is 6.61 Å². The average Bonchev–Trinajstić information content (AvgIpc) is 2.27. The standard InChI is InChI=1S/C10H17NO7/c1-4(12)11-7-9(15)8(14)6(18-10(7)16)3-17-5(2)13/h6-10,14-16H,3H2,1-2H3,(H,11,12)/t6-,7-,8-,9-,10+/m1/s1. The number of esters is 1. The quantitative estimate of drug-likeness (QED) is 0.414. The summed E-state index contributed by atoms with van der Waals surface area (Å²) in [5, 5.41) is 31.3. The van der Waals surface area contributed by atoms with Gasteiger partial charge in [0.15, 0.2) is 6.29 Å². The number of hydrogen-bond donors (Lipinski definition) is 4. The number of nitrogens with one attached hydrogen (secondary N) is 1. The first-order valence-corrected chi connectivity index (χ1v) is 5.43. The Labute approximate surface area is 104 Å². The summed E-state index contributed by atoms with van der Waals surface area (Å²) in [5.41, 5.74) is 0. The van der Waals surface area contributed by atoms with Gasteiger partial charge in [0.2, 0.25) is 5.91 Å². The molecule has 0 aromatic heterocycles. The van der Waals surface area contributed by atoms with Gasteiger partial charge in [0.25, 0.3) is 0 Å². The highest BCUT2D eigenvalue weighted by atomic mass is 16.6. The number of aliphatic hydroxyl groups is 3. The molecule has 0 saturated carbocycles. The monoisotopic (exact) mass is 263 g/mol. The predicted molar refractivity (Wildman–Crippen MR) is 57.1 cm³/mol. The summed E-state index contributed by atoms with van der Waals surface area (Å²) in [4.78, 5) is 21.5. The Morgan fingerprint density at radius 1 is 1.22 bits per heavy atom. The van der Waals surface area contributed by atoms with Crippen LogP contribution in [0.3, 0.4) is 0 Å². The molecule has 1 amide bonds. The Balaban J connectivity index is 2.64. The third kappa shape index (κ3) is 3.64. The zero-order valence-electron chi connectivity index (χ0n) is 10.1. The van der Waals surface area contributed by atoms with Crippen LogP contribution in [-0.4, -0.2) is 64.4 Å². The first-order valence-electron chi connectivity index (χ1n) is 5.43. The van der Waals surface area contributed by atoms with Crippen molar-refractivity contribution in [2.45, 2.75) is 44.5 Å². The van der Waals surface area contributed by atoms with Crippen molar-refractivity contribution in [1.29, 1.82) is 0 Å². The Bertz CT molecular complexity index is 319. The second-order valence-corrected chi connectivity index (χ2v) is 4.08. The molecule has 0 aliphatic carbocycles.